The molecule has 0 saturated heterocycles. The van der Waals surface area contributed by atoms with Gasteiger partial charge in [-0.3, -0.25) is 9.59 Å². The number of benzene rings is 1. The highest BCUT2D eigenvalue weighted by Crippen LogP contribution is 2.35. The molecule has 0 bridgehead atoms. The summed E-state index contributed by atoms with van der Waals surface area (Å²) in [4.78, 5) is 39.9. The number of anilines is 2. The molecule has 1 N–H and O–H groups in total. The van der Waals surface area contributed by atoms with Crippen LogP contribution in [0.1, 0.15) is 41.1 Å². The van der Waals surface area contributed by atoms with Crippen molar-refractivity contribution in [3.8, 4) is 5.75 Å². The molecular formula is C21H24N2O5S. The Morgan fingerprint density at radius 2 is 2.00 bits per heavy atom. The number of nitrogens with one attached hydrogen (secondary N) is 1. The van der Waals surface area contributed by atoms with Crippen molar-refractivity contribution in [1.82, 2.24) is 0 Å². The number of ether oxygens (including phenoxy) is 2. The van der Waals surface area contributed by atoms with Crippen molar-refractivity contribution in [3.63, 3.8) is 0 Å². The van der Waals surface area contributed by atoms with Crippen molar-refractivity contribution >= 4 is 39.8 Å². The van der Waals surface area contributed by atoms with Gasteiger partial charge in [0.15, 0.2) is 6.10 Å². The van der Waals surface area contributed by atoms with Crippen LogP contribution in [0.5, 0.6) is 5.75 Å². The standard InChI is InChI=1S/C21H24N2O5S/c1-5-27-21(26)18-12(2)14(4)29-19(18)22-17(24)10-11-23-15-8-6-7-9-16(15)28-13(3)20(23)25/h6-9,13H,5,10-11H2,1-4H3,(H,22,24)/t13-/m0/s1. The van der Waals surface area contributed by atoms with Gasteiger partial charge in [-0.1, -0.05) is 12.1 Å². The minimum absolute atomic E-state index is 0.0883. The third kappa shape index (κ3) is 4.27. The van der Waals surface area contributed by atoms with Crippen LogP contribution in [-0.2, 0) is 14.3 Å². The number of carbonyl (C=O) groups is 3. The molecule has 2 heterocycles. The summed E-state index contributed by atoms with van der Waals surface area (Å²) in [5.74, 6) is -0.294. The van der Waals surface area contributed by atoms with Gasteiger partial charge in [0.2, 0.25) is 5.91 Å². The highest BCUT2D eigenvalue weighted by atomic mass is 32.1. The molecule has 1 aromatic heterocycles. The molecule has 154 valence electrons. The average molecular weight is 416 g/mol. The Balaban J connectivity index is 1.72. The van der Waals surface area contributed by atoms with Gasteiger partial charge in [0, 0.05) is 17.8 Å². The Bertz CT molecular complexity index is 953. The van der Waals surface area contributed by atoms with Crippen molar-refractivity contribution in [3.05, 3.63) is 40.3 Å². The highest BCUT2D eigenvalue weighted by Gasteiger charge is 2.31. The van der Waals surface area contributed by atoms with E-state index < -0.39 is 12.1 Å². The second-order valence-corrected chi connectivity index (χ2v) is 7.95. The highest BCUT2D eigenvalue weighted by molar-refractivity contribution is 7.16. The van der Waals surface area contributed by atoms with Gasteiger partial charge < -0.3 is 19.7 Å². The van der Waals surface area contributed by atoms with Crippen molar-refractivity contribution < 1.29 is 23.9 Å². The fraction of sp³-hybridized carbons (Fsp3) is 0.381. The quantitative estimate of drug-likeness (QED) is 0.726. The summed E-state index contributed by atoms with van der Waals surface area (Å²) in [6.45, 7) is 7.63. The minimum Gasteiger partial charge on any atom is -0.479 e. The molecule has 1 aliphatic heterocycles. The summed E-state index contributed by atoms with van der Waals surface area (Å²) in [7, 11) is 0. The smallest absolute Gasteiger partial charge is 0.341 e. The summed E-state index contributed by atoms with van der Waals surface area (Å²) in [5.41, 5.74) is 1.84. The zero-order valence-corrected chi connectivity index (χ0v) is 17.7. The van der Waals surface area contributed by atoms with Crippen LogP contribution in [-0.4, -0.2) is 37.0 Å². The lowest BCUT2D eigenvalue weighted by Gasteiger charge is -2.32. The van der Waals surface area contributed by atoms with Crippen LogP contribution in [0.2, 0.25) is 0 Å². The van der Waals surface area contributed by atoms with Gasteiger partial charge in [-0.25, -0.2) is 4.79 Å². The number of fused-ring (bicyclic) bond motifs is 1. The van der Waals surface area contributed by atoms with Crippen LogP contribution >= 0.6 is 11.3 Å². The zero-order valence-electron chi connectivity index (χ0n) is 16.9. The molecule has 8 heteroatoms. The maximum absolute atomic E-state index is 12.6. The summed E-state index contributed by atoms with van der Waals surface area (Å²) in [6, 6.07) is 7.25. The van der Waals surface area contributed by atoms with Crippen LogP contribution in [0.25, 0.3) is 0 Å². The number of thiophene rings is 1. The fourth-order valence-electron chi connectivity index (χ4n) is 3.16. The van der Waals surface area contributed by atoms with E-state index in [1.165, 1.54) is 11.3 Å². The summed E-state index contributed by atoms with van der Waals surface area (Å²) in [5, 5.41) is 3.29. The van der Waals surface area contributed by atoms with Crippen molar-refractivity contribution in [1.29, 1.82) is 0 Å². The Hall–Kier alpha value is -2.87. The van der Waals surface area contributed by atoms with Gasteiger partial charge in [0.1, 0.15) is 10.8 Å². The Morgan fingerprint density at radius 1 is 1.28 bits per heavy atom. The van der Waals surface area contributed by atoms with Gasteiger partial charge in [0.25, 0.3) is 5.91 Å². The number of hydrogen-bond acceptors (Lipinski definition) is 6. The zero-order chi connectivity index (χ0) is 21.1. The van der Waals surface area contributed by atoms with E-state index >= 15 is 0 Å². The summed E-state index contributed by atoms with van der Waals surface area (Å²) >= 11 is 1.34. The van der Waals surface area contributed by atoms with Gasteiger partial charge >= 0.3 is 5.97 Å². The first-order valence-corrected chi connectivity index (χ1v) is 10.3. The predicted molar refractivity (Wildman–Crippen MR) is 112 cm³/mol. The maximum atomic E-state index is 12.6. The van der Waals surface area contributed by atoms with E-state index in [1.54, 1.807) is 30.9 Å². The molecule has 0 fully saturated rings. The van der Waals surface area contributed by atoms with Crippen molar-refractivity contribution in [2.24, 2.45) is 0 Å². The number of hydrogen-bond donors (Lipinski definition) is 1. The van der Waals surface area contributed by atoms with Crippen LogP contribution < -0.4 is 15.0 Å². The van der Waals surface area contributed by atoms with Crippen LogP contribution in [0.4, 0.5) is 10.7 Å². The predicted octanol–water partition coefficient (Wildman–Crippen LogP) is 3.68. The van der Waals surface area contributed by atoms with Gasteiger partial charge in [-0.15, -0.1) is 11.3 Å². The molecule has 1 atom stereocenters. The molecule has 0 radical (unpaired) electrons. The molecule has 2 aromatic rings. The lowest BCUT2D eigenvalue weighted by Crippen LogP contribution is -2.45. The lowest BCUT2D eigenvalue weighted by molar-refractivity contribution is -0.125. The number of rotatable bonds is 6. The van der Waals surface area contributed by atoms with E-state index in [9.17, 15) is 14.4 Å². The molecule has 0 aliphatic carbocycles. The third-order valence-corrected chi connectivity index (χ3v) is 5.88. The minimum atomic E-state index is -0.606. The lowest BCUT2D eigenvalue weighted by atomic mass is 10.1. The second kappa shape index (κ2) is 8.65. The Labute approximate surface area is 173 Å². The van der Waals surface area contributed by atoms with Crippen molar-refractivity contribution in [2.45, 2.75) is 40.2 Å². The summed E-state index contributed by atoms with van der Waals surface area (Å²) in [6.07, 6.45) is -0.517. The largest absolute Gasteiger partial charge is 0.479 e. The topological polar surface area (TPSA) is 84.9 Å². The SMILES string of the molecule is CCOC(=O)c1c(NC(=O)CCN2C(=O)[C@H](C)Oc3ccccc32)sc(C)c1C. The molecular weight excluding hydrogens is 392 g/mol. The molecule has 29 heavy (non-hydrogen) atoms. The van der Waals surface area contributed by atoms with Crippen LogP contribution in [0.15, 0.2) is 24.3 Å². The maximum Gasteiger partial charge on any atom is 0.341 e. The first-order chi connectivity index (χ1) is 13.8. The van der Waals surface area contributed by atoms with Gasteiger partial charge in [-0.2, -0.15) is 0 Å². The molecule has 0 saturated carbocycles. The third-order valence-electron chi connectivity index (χ3n) is 4.75. The first-order valence-electron chi connectivity index (χ1n) is 9.47. The normalized spacial score (nSPS) is 15.5. The molecule has 7 nitrogen and oxygen atoms in total. The van der Waals surface area contributed by atoms with Gasteiger partial charge in [-0.05, 0) is 45.4 Å². The fourth-order valence-corrected chi connectivity index (χ4v) is 4.22. The Kier molecular flexibility index (Phi) is 6.22. The second-order valence-electron chi connectivity index (χ2n) is 6.72. The van der Waals surface area contributed by atoms with Gasteiger partial charge in [0.05, 0.1) is 17.9 Å². The molecule has 1 aliphatic rings. The molecule has 3 rings (SSSR count). The summed E-state index contributed by atoms with van der Waals surface area (Å²) < 4.78 is 10.7. The Morgan fingerprint density at radius 3 is 2.72 bits per heavy atom. The number of aryl methyl sites for hydroxylation is 1. The van der Waals surface area contributed by atoms with E-state index in [2.05, 4.69) is 5.32 Å². The van der Waals surface area contributed by atoms with E-state index in [0.717, 1.165) is 10.4 Å². The van der Waals surface area contributed by atoms with E-state index in [-0.39, 0.29) is 31.4 Å². The first kappa shape index (κ1) is 20.9. The van der Waals surface area contributed by atoms with E-state index in [1.807, 2.05) is 26.0 Å². The molecule has 2 amide bonds. The number of amides is 2. The molecule has 0 spiro atoms. The monoisotopic (exact) mass is 416 g/mol. The van der Waals surface area contributed by atoms with E-state index in [0.29, 0.717) is 22.0 Å². The van der Waals surface area contributed by atoms with Crippen LogP contribution in [0, 0.1) is 13.8 Å². The molecule has 1 aromatic carbocycles. The van der Waals surface area contributed by atoms with E-state index in [4.69, 9.17) is 9.47 Å². The van der Waals surface area contributed by atoms with Crippen LogP contribution in [0.3, 0.4) is 0 Å². The number of carbonyl (C=O) groups excluding carboxylic acids is 3. The van der Waals surface area contributed by atoms with Crippen molar-refractivity contribution in [2.75, 3.05) is 23.4 Å². The number of esters is 1. The molecule has 0 unspecified atom stereocenters. The average Bonchev–Trinajstić information content (AvgIpc) is 2.95. The number of para-hydroxylation sites is 2. The number of nitrogens with zero attached hydrogens (tertiary/aromatic N) is 1.